The van der Waals surface area contributed by atoms with Crippen LogP contribution in [0, 0.1) is 6.92 Å². The van der Waals surface area contributed by atoms with Gasteiger partial charge in [0.15, 0.2) is 5.65 Å². The monoisotopic (exact) mass is 399 g/mol. The van der Waals surface area contributed by atoms with Crippen LogP contribution in [0.15, 0.2) is 6.07 Å². The van der Waals surface area contributed by atoms with E-state index in [1.54, 1.807) is 4.90 Å². The number of amides is 2. The molecule has 1 fully saturated rings. The molecule has 0 bridgehead atoms. The minimum atomic E-state index is -0.246. The quantitative estimate of drug-likeness (QED) is 0.808. The van der Waals surface area contributed by atoms with Crippen LogP contribution in [0.1, 0.15) is 82.0 Å². The summed E-state index contributed by atoms with van der Waals surface area (Å²) in [5.41, 5.74) is 2.85. The van der Waals surface area contributed by atoms with Crippen LogP contribution in [0.4, 0.5) is 0 Å². The molecule has 0 spiro atoms. The van der Waals surface area contributed by atoms with E-state index in [-0.39, 0.29) is 29.9 Å². The van der Waals surface area contributed by atoms with Gasteiger partial charge in [-0.2, -0.15) is 5.10 Å². The zero-order valence-corrected chi connectivity index (χ0v) is 18.7. The molecule has 0 saturated heterocycles. The molecule has 0 aliphatic heterocycles. The second kappa shape index (κ2) is 7.76. The third-order valence-electron chi connectivity index (χ3n) is 5.15. The van der Waals surface area contributed by atoms with Crippen molar-refractivity contribution in [2.24, 2.45) is 0 Å². The van der Waals surface area contributed by atoms with E-state index in [0.29, 0.717) is 18.0 Å². The summed E-state index contributed by atoms with van der Waals surface area (Å²) in [4.78, 5) is 32.3. The molecule has 29 heavy (non-hydrogen) atoms. The number of nitrogens with zero attached hydrogens (tertiary/aromatic N) is 4. The van der Waals surface area contributed by atoms with Crippen molar-refractivity contribution in [2.45, 2.75) is 78.8 Å². The van der Waals surface area contributed by atoms with Crippen molar-refractivity contribution in [3.63, 3.8) is 0 Å². The van der Waals surface area contributed by atoms with Crippen LogP contribution < -0.4 is 5.32 Å². The molecule has 3 rings (SSSR count). The lowest BCUT2D eigenvalue weighted by Crippen LogP contribution is -2.42. The van der Waals surface area contributed by atoms with Gasteiger partial charge in [0.2, 0.25) is 5.91 Å². The van der Waals surface area contributed by atoms with Gasteiger partial charge in [-0.15, -0.1) is 0 Å². The molecule has 0 aromatic carbocycles. The van der Waals surface area contributed by atoms with E-state index < -0.39 is 0 Å². The Labute approximate surface area is 172 Å². The molecular formula is C22H33N5O2. The Balaban J connectivity index is 2.08. The third kappa shape index (κ3) is 4.43. The molecule has 7 nitrogen and oxygen atoms in total. The highest BCUT2D eigenvalue weighted by atomic mass is 16.2. The van der Waals surface area contributed by atoms with Crippen LogP contribution >= 0.6 is 0 Å². The molecule has 2 heterocycles. The molecule has 1 saturated carbocycles. The maximum absolute atomic E-state index is 13.5. The van der Waals surface area contributed by atoms with Gasteiger partial charge in [-0.05, 0) is 67.4 Å². The fourth-order valence-electron chi connectivity index (χ4n) is 3.57. The van der Waals surface area contributed by atoms with Crippen molar-refractivity contribution >= 4 is 22.8 Å². The summed E-state index contributed by atoms with van der Waals surface area (Å²) in [5.74, 6) is 0.121. The first-order chi connectivity index (χ1) is 13.5. The highest BCUT2D eigenvalue weighted by Gasteiger charge is 2.31. The van der Waals surface area contributed by atoms with Crippen LogP contribution in [-0.2, 0) is 10.3 Å². The Morgan fingerprint density at radius 1 is 1.31 bits per heavy atom. The number of nitrogens with one attached hydrogen (secondary N) is 1. The largest absolute Gasteiger partial charge is 0.352 e. The number of pyridine rings is 1. The number of aromatic nitrogens is 3. The molecule has 1 N–H and O–H groups in total. The maximum Gasteiger partial charge on any atom is 0.255 e. The molecular weight excluding hydrogens is 366 g/mol. The highest BCUT2D eigenvalue weighted by Crippen LogP contribution is 2.41. The first-order valence-electron chi connectivity index (χ1n) is 10.5. The van der Waals surface area contributed by atoms with Gasteiger partial charge >= 0.3 is 0 Å². The molecule has 1 aliphatic rings. The van der Waals surface area contributed by atoms with E-state index in [1.807, 2.05) is 38.4 Å². The molecule has 158 valence electrons. The van der Waals surface area contributed by atoms with E-state index in [2.05, 4.69) is 26.1 Å². The predicted molar refractivity (Wildman–Crippen MR) is 114 cm³/mol. The summed E-state index contributed by atoms with van der Waals surface area (Å²) in [5, 5.41) is 8.37. The molecule has 0 unspecified atom stereocenters. The maximum atomic E-state index is 13.5. The number of hydrogen-bond acceptors (Lipinski definition) is 4. The fraction of sp³-hybridized carbons (Fsp3) is 0.636. The Morgan fingerprint density at radius 3 is 2.48 bits per heavy atom. The summed E-state index contributed by atoms with van der Waals surface area (Å²) >= 11 is 0. The van der Waals surface area contributed by atoms with Gasteiger partial charge in [0.25, 0.3) is 5.91 Å². The number of aryl methyl sites for hydroxylation is 1. The lowest BCUT2D eigenvalue weighted by Gasteiger charge is -2.23. The molecule has 7 heteroatoms. The first kappa shape index (κ1) is 21.3. The standard InChI is InChI=1S/C22H33N5O2/c1-8-26(12-18(28)23-13(2)3)21(29)16-11-17(15-9-10-15)24-20-19(16)14(4)25-27(20)22(5,6)7/h11,13,15H,8-10,12H2,1-7H3,(H,23,28). The number of rotatable bonds is 6. The van der Waals surface area contributed by atoms with Crippen molar-refractivity contribution in [1.29, 1.82) is 0 Å². The van der Waals surface area contributed by atoms with Crippen LogP contribution in [0.3, 0.4) is 0 Å². The summed E-state index contributed by atoms with van der Waals surface area (Å²) in [6.45, 7) is 14.4. The summed E-state index contributed by atoms with van der Waals surface area (Å²) < 4.78 is 1.92. The smallest absolute Gasteiger partial charge is 0.255 e. The van der Waals surface area contributed by atoms with Crippen LogP contribution in [0.2, 0.25) is 0 Å². The number of carbonyl (C=O) groups excluding carboxylic acids is 2. The van der Waals surface area contributed by atoms with Gasteiger partial charge in [0.1, 0.15) is 0 Å². The van der Waals surface area contributed by atoms with Crippen molar-refractivity contribution < 1.29 is 9.59 Å². The van der Waals surface area contributed by atoms with Crippen LogP contribution in [0.25, 0.3) is 11.0 Å². The van der Waals surface area contributed by atoms with Crippen molar-refractivity contribution in [2.75, 3.05) is 13.1 Å². The topological polar surface area (TPSA) is 80.1 Å². The second-order valence-corrected chi connectivity index (χ2v) is 9.28. The van der Waals surface area contributed by atoms with Gasteiger partial charge in [-0.1, -0.05) is 0 Å². The number of fused-ring (bicyclic) bond motifs is 1. The van der Waals surface area contributed by atoms with E-state index in [9.17, 15) is 9.59 Å². The Morgan fingerprint density at radius 2 is 1.97 bits per heavy atom. The Bertz CT molecular complexity index is 935. The fourth-order valence-corrected chi connectivity index (χ4v) is 3.57. The second-order valence-electron chi connectivity index (χ2n) is 9.28. The normalized spacial score (nSPS) is 14.5. The van der Waals surface area contributed by atoms with Crippen molar-refractivity contribution in [3.05, 3.63) is 23.0 Å². The molecule has 0 radical (unpaired) electrons. The number of likely N-dealkylation sites (N-methyl/N-ethyl adjacent to an activating group) is 1. The predicted octanol–water partition coefficient (Wildman–Crippen LogP) is 3.36. The van der Waals surface area contributed by atoms with E-state index in [0.717, 1.165) is 35.3 Å². The third-order valence-corrected chi connectivity index (χ3v) is 5.15. The Hall–Kier alpha value is -2.44. The van der Waals surface area contributed by atoms with Crippen LogP contribution in [-0.4, -0.2) is 50.6 Å². The average molecular weight is 400 g/mol. The molecule has 1 aliphatic carbocycles. The minimum Gasteiger partial charge on any atom is -0.352 e. The van der Waals surface area contributed by atoms with Crippen molar-refractivity contribution in [3.8, 4) is 0 Å². The number of carbonyl (C=O) groups is 2. The van der Waals surface area contributed by atoms with Gasteiger partial charge in [0, 0.05) is 24.2 Å². The zero-order chi connectivity index (χ0) is 21.5. The van der Waals surface area contributed by atoms with Gasteiger partial charge in [-0.25, -0.2) is 9.67 Å². The van der Waals surface area contributed by atoms with E-state index in [4.69, 9.17) is 10.1 Å². The minimum absolute atomic E-state index is 0.0395. The summed E-state index contributed by atoms with van der Waals surface area (Å²) in [6, 6.07) is 1.96. The van der Waals surface area contributed by atoms with Crippen molar-refractivity contribution in [1.82, 2.24) is 25.0 Å². The first-order valence-corrected chi connectivity index (χ1v) is 10.5. The Kier molecular flexibility index (Phi) is 5.70. The lowest BCUT2D eigenvalue weighted by atomic mass is 10.1. The van der Waals surface area contributed by atoms with E-state index in [1.165, 1.54) is 0 Å². The van der Waals surface area contributed by atoms with Gasteiger partial charge < -0.3 is 10.2 Å². The van der Waals surface area contributed by atoms with Gasteiger partial charge in [-0.3, -0.25) is 9.59 Å². The van der Waals surface area contributed by atoms with Crippen LogP contribution in [0.5, 0.6) is 0 Å². The summed E-state index contributed by atoms with van der Waals surface area (Å²) in [7, 11) is 0. The average Bonchev–Trinajstić information content (AvgIpc) is 3.41. The SMILES string of the molecule is CCN(CC(=O)NC(C)C)C(=O)c1cc(C2CC2)nc2c1c(C)nn2C(C)(C)C. The zero-order valence-electron chi connectivity index (χ0n) is 18.7. The molecule has 2 aromatic rings. The highest BCUT2D eigenvalue weighted by molar-refractivity contribution is 6.07. The van der Waals surface area contributed by atoms with Gasteiger partial charge in [0.05, 0.1) is 28.7 Å². The number of hydrogen-bond donors (Lipinski definition) is 1. The summed E-state index contributed by atoms with van der Waals surface area (Å²) in [6.07, 6.45) is 2.20. The molecule has 0 atom stereocenters. The lowest BCUT2D eigenvalue weighted by molar-refractivity contribution is -0.122. The van der Waals surface area contributed by atoms with E-state index >= 15 is 0 Å². The molecule has 2 aromatic heterocycles. The molecule has 2 amide bonds.